The topological polar surface area (TPSA) is 56.3 Å². The Balaban J connectivity index is 2.28. The van der Waals surface area contributed by atoms with Crippen molar-refractivity contribution in [2.24, 2.45) is 0 Å². The second-order valence-electron chi connectivity index (χ2n) is 5.06. The van der Waals surface area contributed by atoms with Crippen LogP contribution < -0.4 is 5.32 Å². The molecular formula is C14H22BrN3O2. The largest absolute Gasteiger partial charge is 0.378 e. The normalized spacial score (nSPS) is 22.2. The van der Waals surface area contributed by atoms with E-state index in [9.17, 15) is 0 Å². The Bertz CT molecular complexity index is 456. The van der Waals surface area contributed by atoms with Gasteiger partial charge in [-0.15, -0.1) is 0 Å². The van der Waals surface area contributed by atoms with Gasteiger partial charge in [0.15, 0.2) is 5.82 Å². The van der Waals surface area contributed by atoms with Gasteiger partial charge >= 0.3 is 0 Å². The van der Waals surface area contributed by atoms with E-state index in [1.165, 1.54) is 0 Å². The molecule has 0 amide bonds. The summed E-state index contributed by atoms with van der Waals surface area (Å²) in [5, 5.41) is 3.33. The van der Waals surface area contributed by atoms with Crippen molar-refractivity contribution in [2.45, 2.75) is 51.9 Å². The first kappa shape index (κ1) is 15.7. The summed E-state index contributed by atoms with van der Waals surface area (Å²) in [5.74, 6) is 1.58. The summed E-state index contributed by atoms with van der Waals surface area (Å²) in [5.41, 5.74) is 0.860. The van der Waals surface area contributed by atoms with Crippen molar-refractivity contribution in [1.82, 2.24) is 9.97 Å². The zero-order valence-electron chi connectivity index (χ0n) is 12.3. The van der Waals surface area contributed by atoms with Crippen LogP contribution in [0.4, 0.5) is 5.82 Å². The van der Waals surface area contributed by atoms with Crippen LogP contribution in [0.1, 0.15) is 50.7 Å². The smallest absolute Gasteiger partial charge is 0.159 e. The maximum atomic E-state index is 5.87. The summed E-state index contributed by atoms with van der Waals surface area (Å²) in [6.07, 6.45) is 3.35. The summed E-state index contributed by atoms with van der Waals surface area (Å²) in [4.78, 5) is 9.22. The Labute approximate surface area is 128 Å². The van der Waals surface area contributed by atoms with Crippen molar-refractivity contribution >= 4 is 21.7 Å². The van der Waals surface area contributed by atoms with Crippen molar-refractivity contribution in [3.63, 3.8) is 0 Å². The highest BCUT2D eigenvalue weighted by molar-refractivity contribution is 9.10. The summed E-state index contributed by atoms with van der Waals surface area (Å²) >= 11 is 3.56. The maximum Gasteiger partial charge on any atom is 0.159 e. The first-order valence-corrected chi connectivity index (χ1v) is 7.89. The quantitative estimate of drug-likeness (QED) is 0.857. The fraction of sp³-hybridized carbons (Fsp3) is 0.714. The van der Waals surface area contributed by atoms with E-state index in [4.69, 9.17) is 9.47 Å². The van der Waals surface area contributed by atoms with E-state index in [0.29, 0.717) is 6.61 Å². The van der Waals surface area contributed by atoms with Gasteiger partial charge in [0.2, 0.25) is 0 Å². The van der Waals surface area contributed by atoms with Crippen LogP contribution in [0.5, 0.6) is 0 Å². The molecule has 1 aliphatic heterocycles. The van der Waals surface area contributed by atoms with Gasteiger partial charge in [0.1, 0.15) is 11.9 Å². The van der Waals surface area contributed by atoms with Gasteiger partial charge in [-0.1, -0.05) is 6.92 Å². The van der Waals surface area contributed by atoms with Crippen LogP contribution in [-0.4, -0.2) is 29.7 Å². The summed E-state index contributed by atoms with van der Waals surface area (Å²) in [6, 6.07) is 0. The zero-order chi connectivity index (χ0) is 14.5. The number of halogens is 1. The SMILES string of the molecule is CCCNc1nc(C2CCC(C)O2)nc(COC)c1Br. The highest BCUT2D eigenvalue weighted by Gasteiger charge is 2.27. The number of nitrogens with zero attached hydrogens (tertiary/aromatic N) is 2. The predicted molar refractivity (Wildman–Crippen MR) is 81.7 cm³/mol. The minimum Gasteiger partial charge on any atom is -0.378 e. The van der Waals surface area contributed by atoms with Gasteiger partial charge in [-0.25, -0.2) is 9.97 Å². The highest BCUT2D eigenvalue weighted by atomic mass is 79.9. The molecule has 2 atom stereocenters. The van der Waals surface area contributed by atoms with E-state index in [1.54, 1.807) is 7.11 Å². The van der Waals surface area contributed by atoms with Gasteiger partial charge < -0.3 is 14.8 Å². The monoisotopic (exact) mass is 343 g/mol. The Morgan fingerprint density at radius 3 is 2.80 bits per heavy atom. The van der Waals surface area contributed by atoms with Gasteiger partial charge in [0.25, 0.3) is 0 Å². The molecule has 1 saturated heterocycles. The van der Waals surface area contributed by atoms with Crippen LogP contribution in [0, 0.1) is 0 Å². The lowest BCUT2D eigenvalue weighted by molar-refractivity contribution is 0.0499. The van der Waals surface area contributed by atoms with E-state index < -0.39 is 0 Å². The fourth-order valence-corrected chi connectivity index (χ4v) is 2.67. The second-order valence-corrected chi connectivity index (χ2v) is 5.86. The van der Waals surface area contributed by atoms with Gasteiger partial charge in [-0.3, -0.25) is 0 Å². The number of aromatic nitrogens is 2. The minimum absolute atomic E-state index is 0.00381. The van der Waals surface area contributed by atoms with E-state index in [2.05, 4.69) is 45.1 Å². The molecule has 112 valence electrons. The maximum absolute atomic E-state index is 5.87. The van der Waals surface area contributed by atoms with Crippen LogP contribution in [0.3, 0.4) is 0 Å². The molecule has 0 saturated carbocycles. The Hall–Kier alpha value is -0.720. The molecule has 0 bridgehead atoms. The first-order valence-electron chi connectivity index (χ1n) is 7.10. The number of rotatable bonds is 6. The van der Waals surface area contributed by atoms with Crippen molar-refractivity contribution in [3.05, 3.63) is 16.0 Å². The predicted octanol–water partition coefficient (Wildman–Crippen LogP) is 3.45. The van der Waals surface area contributed by atoms with Crippen LogP contribution >= 0.6 is 15.9 Å². The number of hydrogen-bond acceptors (Lipinski definition) is 5. The lowest BCUT2D eigenvalue weighted by Gasteiger charge is -2.15. The number of ether oxygens (including phenoxy) is 2. The van der Waals surface area contributed by atoms with Crippen LogP contribution in [-0.2, 0) is 16.1 Å². The minimum atomic E-state index is -0.00381. The fourth-order valence-electron chi connectivity index (χ4n) is 2.24. The summed E-state index contributed by atoms with van der Waals surface area (Å²) < 4.78 is 12.0. The van der Waals surface area contributed by atoms with Crippen molar-refractivity contribution < 1.29 is 9.47 Å². The van der Waals surface area contributed by atoms with Crippen LogP contribution in [0.15, 0.2) is 4.47 Å². The third-order valence-electron chi connectivity index (χ3n) is 3.28. The summed E-state index contributed by atoms with van der Waals surface area (Å²) in [6.45, 7) is 5.55. The van der Waals surface area contributed by atoms with E-state index in [0.717, 1.165) is 47.6 Å². The molecule has 0 spiro atoms. The summed E-state index contributed by atoms with van der Waals surface area (Å²) in [7, 11) is 1.67. The number of hydrogen-bond donors (Lipinski definition) is 1. The molecule has 5 nitrogen and oxygen atoms in total. The van der Waals surface area contributed by atoms with Gasteiger partial charge in [-0.05, 0) is 42.1 Å². The van der Waals surface area contributed by atoms with Gasteiger partial charge in [0, 0.05) is 13.7 Å². The molecule has 1 aromatic heterocycles. The van der Waals surface area contributed by atoms with E-state index in [-0.39, 0.29) is 12.2 Å². The van der Waals surface area contributed by atoms with E-state index in [1.807, 2.05) is 0 Å². The number of nitrogens with one attached hydrogen (secondary N) is 1. The molecule has 1 N–H and O–H groups in total. The molecule has 2 unspecified atom stereocenters. The molecule has 2 rings (SSSR count). The molecular weight excluding hydrogens is 322 g/mol. The van der Waals surface area contributed by atoms with Gasteiger partial charge in [-0.2, -0.15) is 0 Å². The molecule has 1 aromatic rings. The van der Waals surface area contributed by atoms with Crippen LogP contribution in [0.25, 0.3) is 0 Å². The Morgan fingerprint density at radius 1 is 1.40 bits per heavy atom. The second kappa shape index (κ2) is 7.33. The molecule has 0 radical (unpaired) electrons. The molecule has 6 heteroatoms. The Kier molecular flexibility index (Phi) is 5.74. The standard InChI is InChI=1S/C14H22BrN3O2/c1-4-7-16-14-12(15)10(8-19-3)17-13(18-14)11-6-5-9(2)20-11/h9,11H,4-8H2,1-3H3,(H,16,17,18). The van der Waals surface area contributed by atoms with Crippen LogP contribution in [0.2, 0.25) is 0 Å². The molecule has 2 heterocycles. The van der Waals surface area contributed by atoms with Crippen molar-refractivity contribution in [3.8, 4) is 0 Å². The average Bonchev–Trinajstić information content (AvgIpc) is 2.86. The number of anilines is 1. The Morgan fingerprint density at radius 2 is 2.20 bits per heavy atom. The first-order chi connectivity index (χ1) is 9.65. The highest BCUT2D eigenvalue weighted by Crippen LogP contribution is 2.33. The van der Waals surface area contributed by atoms with Crippen molar-refractivity contribution in [2.75, 3.05) is 19.0 Å². The van der Waals surface area contributed by atoms with Gasteiger partial charge in [0.05, 0.1) is 22.9 Å². The zero-order valence-corrected chi connectivity index (χ0v) is 13.9. The third kappa shape index (κ3) is 3.68. The molecule has 0 aromatic carbocycles. The molecule has 20 heavy (non-hydrogen) atoms. The van der Waals surface area contributed by atoms with E-state index >= 15 is 0 Å². The lowest BCUT2D eigenvalue weighted by atomic mass is 10.2. The third-order valence-corrected chi connectivity index (χ3v) is 4.11. The molecule has 0 aliphatic carbocycles. The van der Waals surface area contributed by atoms with Crippen molar-refractivity contribution in [1.29, 1.82) is 0 Å². The lowest BCUT2D eigenvalue weighted by Crippen LogP contribution is -2.12. The average molecular weight is 344 g/mol. The molecule has 1 aliphatic rings. The molecule has 1 fully saturated rings. The number of methoxy groups -OCH3 is 1.